The molecule has 3 rings (SSSR count). The monoisotopic (exact) mass is 305 g/mol. The molecule has 1 saturated heterocycles. The van der Waals surface area contributed by atoms with Gasteiger partial charge in [0.1, 0.15) is 6.04 Å². The van der Waals surface area contributed by atoms with Crippen molar-refractivity contribution in [2.24, 2.45) is 5.92 Å². The van der Waals surface area contributed by atoms with Gasteiger partial charge in [-0.1, -0.05) is 19.0 Å². The Balaban J connectivity index is 1.70. The summed E-state index contributed by atoms with van der Waals surface area (Å²) in [6.45, 7) is 10.1. The van der Waals surface area contributed by atoms with Crippen LogP contribution in [0.25, 0.3) is 0 Å². The van der Waals surface area contributed by atoms with E-state index in [0.29, 0.717) is 24.2 Å². The highest BCUT2D eigenvalue weighted by molar-refractivity contribution is 5.06. The second-order valence-corrected chi connectivity index (χ2v) is 6.21. The minimum absolute atomic E-state index is 0.0170. The molecule has 0 aliphatic carbocycles. The van der Waals surface area contributed by atoms with Gasteiger partial charge in [-0.15, -0.1) is 0 Å². The number of ether oxygens (including phenoxy) is 1. The van der Waals surface area contributed by atoms with Crippen LogP contribution in [0.2, 0.25) is 0 Å². The van der Waals surface area contributed by atoms with Crippen molar-refractivity contribution in [3.05, 3.63) is 29.7 Å². The molecule has 0 N–H and O–H groups in total. The van der Waals surface area contributed by atoms with Crippen molar-refractivity contribution in [3.8, 4) is 0 Å². The Hall–Kier alpha value is -1.73. The molecule has 7 heteroatoms. The SMILES string of the molecule is Cc1noc(C2COCCN2Cc2cnn(CC(C)C)c2)n1. The van der Waals surface area contributed by atoms with E-state index >= 15 is 0 Å². The Morgan fingerprint density at radius 1 is 1.41 bits per heavy atom. The summed E-state index contributed by atoms with van der Waals surface area (Å²) in [5.74, 6) is 1.88. The summed E-state index contributed by atoms with van der Waals surface area (Å²) < 4.78 is 12.9. The molecule has 7 nitrogen and oxygen atoms in total. The molecule has 0 saturated carbocycles. The molecule has 120 valence electrons. The van der Waals surface area contributed by atoms with Gasteiger partial charge in [0.25, 0.3) is 0 Å². The van der Waals surface area contributed by atoms with Crippen molar-refractivity contribution in [2.45, 2.75) is 39.9 Å². The first kappa shape index (κ1) is 15.2. The maximum atomic E-state index is 5.58. The lowest BCUT2D eigenvalue weighted by atomic mass is 10.2. The number of morpholine rings is 1. The molecule has 1 fully saturated rings. The van der Waals surface area contributed by atoms with E-state index in [1.165, 1.54) is 5.56 Å². The third-order valence-corrected chi connectivity index (χ3v) is 3.69. The van der Waals surface area contributed by atoms with Crippen LogP contribution in [0.15, 0.2) is 16.9 Å². The zero-order chi connectivity index (χ0) is 15.5. The summed E-state index contributed by atoms with van der Waals surface area (Å²) in [7, 11) is 0. The summed E-state index contributed by atoms with van der Waals surface area (Å²) >= 11 is 0. The molecule has 1 aliphatic heterocycles. The normalized spacial score (nSPS) is 19.9. The van der Waals surface area contributed by atoms with Gasteiger partial charge in [-0.2, -0.15) is 10.1 Å². The molecule has 0 spiro atoms. The van der Waals surface area contributed by atoms with Crippen molar-refractivity contribution in [1.29, 1.82) is 0 Å². The van der Waals surface area contributed by atoms with Crippen molar-refractivity contribution < 1.29 is 9.26 Å². The molecule has 1 aliphatic rings. The first-order valence-electron chi connectivity index (χ1n) is 7.75. The first-order chi connectivity index (χ1) is 10.6. The predicted octanol–water partition coefficient (Wildman–Crippen LogP) is 1.80. The largest absolute Gasteiger partial charge is 0.378 e. The molecule has 0 aromatic carbocycles. The molecular weight excluding hydrogens is 282 g/mol. The maximum absolute atomic E-state index is 5.58. The smallest absolute Gasteiger partial charge is 0.246 e. The third kappa shape index (κ3) is 3.53. The van der Waals surface area contributed by atoms with Gasteiger partial charge in [0, 0.05) is 31.4 Å². The maximum Gasteiger partial charge on any atom is 0.246 e. The highest BCUT2D eigenvalue weighted by atomic mass is 16.5. The number of aromatic nitrogens is 4. The highest BCUT2D eigenvalue weighted by Crippen LogP contribution is 2.24. The molecule has 1 unspecified atom stereocenters. The standard InChI is InChI=1S/C15H23N5O2/c1-11(2)7-20-9-13(6-16-20)8-19-4-5-21-10-14(19)15-17-12(3)18-22-15/h6,9,11,14H,4-5,7-8,10H2,1-3H3. The Bertz CT molecular complexity index is 607. The van der Waals surface area contributed by atoms with Gasteiger partial charge in [-0.3, -0.25) is 9.58 Å². The van der Waals surface area contributed by atoms with Crippen LogP contribution in [0.3, 0.4) is 0 Å². The van der Waals surface area contributed by atoms with Crippen LogP contribution in [-0.4, -0.2) is 44.6 Å². The van der Waals surface area contributed by atoms with E-state index in [4.69, 9.17) is 9.26 Å². The van der Waals surface area contributed by atoms with Crippen molar-refractivity contribution >= 4 is 0 Å². The Morgan fingerprint density at radius 3 is 3.00 bits per heavy atom. The molecule has 0 amide bonds. The molecule has 22 heavy (non-hydrogen) atoms. The molecule has 0 radical (unpaired) electrons. The van der Waals surface area contributed by atoms with Crippen LogP contribution in [0.4, 0.5) is 0 Å². The minimum atomic E-state index is 0.0170. The first-order valence-corrected chi connectivity index (χ1v) is 7.75. The number of hydrogen-bond acceptors (Lipinski definition) is 6. The molecule has 3 heterocycles. The van der Waals surface area contributed by atoms with Crippen LogP contribution in [0, 0.1) is 12.8 Å². The van der Waals surface area contributed by atoms with Crippen molar-refractivity contribution in [1.82, 2.24) is 24.8 Å². The van der Waals surface area contributed by atoms with Gasteiger partial charge in [0.15, 0.2) is 5.82 Å². The zero-order valence-electron chi connectivity index (χ0n) is 13.4. The van der Waals surface area contributed by atoms with Gasteiger partial charge in [-0.25, -0.2) is 0 Å². The quantitative estimate of drug-likeness (QED) is 0.839. The van der Waals surface area contributed by atoms with Crippen molar-refractivity contribution in [2.75, 3.05) is 19.8 Å². The predicted molar refractivity (Wildman–Crippen MR) is 80.1 cm³/mol. The number of rotatable bonds is 5. The lowest BCUT2D eigenvalue weighted by molar-refractivity contribution is -0.0241. The molecule has 2 aromatic rings. The van der Waals surface area contributed by atoms with Gasteiger partial charge >= 0.3 is 0 Å². The summed E-state index contributed by atoms with van der Waals surface area (Å²) in [5.41, 5.74) is 1.20. The van der Waals surface area contributed by atoms with Crippen LogP contribution >= 0.6 is 0 Å². The van der Waals surface area contributed by atoms with Crippen LogP contribution in [-0.2, 0) is 17.8 Å². The molecule has 0 bridgehead atoms. The van der Waals surface area contributed by atoms with E-state index in [2.05, 4.69) is 40.2 Å². The lowest BCUT2D eigenvalue weighted by Gasteiger charge is -2.32. The Labute approximate surface area is 130 Å². The fourth-order valence-electron chi connectivity index (χ4n) is 2.70. The number of hydrogen-bond donors (Lipinski definition) is 0. The second kappa shape index (κ2) is 6.58. The summed E-state index contributed by atoms with van der Waals surface area (Å²) in [6, 6.07) is 0.0170. The fraction of sp³-hybridized carbons (Fsp3) is 0.667. The van der Waals surface area contributed by atoms with Crippen molar-refractivity contribution in [3.63, 3.8) is 0 Å². The van der Waals surface area contributed by atoms with E-state index < -0.39 is 0 Å². The topological polar surface area (TPSA) is 69.2 Å². The average Bonchev–Trinajstić information content (AvgIpc) is 3.08. The average molecular weight is 305 g/mol. The zero-order valence-corrected chi connectivity index (χ0v) is 13.4. The van der Waals surface area contributed by atoms with E-state index in [-0.39, 0.29) is 6.04 Å². The summed E-state index contributed by atoms with van der Waals surface area (Å²) in [4.78, 5) is 6.66. The Morgan fingerprint density at radius 2 is 2.27 bits per heavy atom. The number of nitrogens with zero attached hydrogens (tertiary/aromatic N) is 5. The Kier molecular flexibility index (Phi) is 4.54. The molecule has 1 atom stereocenters. The van der Waals surface area contributed by atoms with E-state index in [9.17, 15) is 0 Å². The van der Waals surface area contributed by atoms with E-state index in [0.717, 1.165) is 26.2 Å². The van der Waals surface area contributed by atoms with Gasteiger partial charge < -0.3 is 9.26 Å². The summed E-state index contributed by atoms with van der Waals surface area (Å²) in [5, 5.41) is 8.32. The lowest BCUT2D eigenvalue weighted by Crippen LogP contribution is -2.39. The number of aryl methyl sites for hydroxylation is 1. The van der Waals surface area contributed by atoms with Gasteiger partial charge in [-0.05, 0) is 12.8 Å². The second-order valence-electron chi connectivity index (χ2n) is 6.21. The molecular formula is C15H23N5O2. The summed E-state index contributed by atoms with van der Waals surface area (Å²) in [6.07, 6.45) is 4.06. The van der Waals surface area contributed by atoms with Gasteiger partial charge in [0.2, 0.25) is 5.89 Å². The van der Waals surface area contributed by atoms with E-state index in [1.807, 2.05) is 17.8 Å². The highest BCUT2D eigenvalue weighted by Gasteiger charge is 2.29. The third-order valence-electron chi connectivity index (χ3n) is 3.69. The van der Waals surface area contributed by atoms with Crippen LogP contribution in [0.5, 0.6) is 0 Å². The van der Waals surface area contributed by atoms with Crippen LogP contribution in [0.1, 0.15) is 37.2 Å². The minimum Gasteiger partial charge on any atom is -0.378 e. The van der Waals surface area contributed by atoms with E-state index in [1.54, 1.807) is 0 Å². The fourth-order valence-corrected chi connectivity index (χ4v) is 2.70. The van der Waals surface area contributed by atoms with Crippen LogP contribution < -0.4 is 0 Å². The molecule has 2 aromatic heterocycles. The van der Waals surface area contributed by atoms with Gasteiger partial charge in [0.05, 0.1) is 19.4 Å².